The van der Waals surface area contributed by atoms with E-state index in [4.69, 9.17) is 16.3 Å². The summed E-state index contributed by atoms with van der Waals surface area (Å²) in [5.74, 6) is 0.637. The molecule has 0 bridgehead atoms. The lowest BCUT2D eigenvalue weighted by atomic mass is 10.1. The minimum absolute atomic E-state index is 0.0951. The van der Waals surface area contributed by atoms with Gasteiger partial charge in [0, 0.05) is 13.1 Å². The van der Waals surface area contributed by atoms with Gasteiger partial charge in [-0.05, 0) is 44.2 Å². The third-order valence-corrected chi connectivity index (χ3v) is 3.39. The quantitative estimate of drug-likeness (QED) is 0.832. The lowest BCUT2D eigenvalue weighted by Gasteiger charge is -2.26. The lowest BCUT2D eigenvalue weighted by molar-refractivity contribution is 0.192. The van der Waals surface area contributed by atoms with E-state index in [1.165, 1.54) is 19.3 Å². The van der Waals surface area contributed by atoms with Gasteiger partial charge in [0.1, 0.15) is 0 Å². The maximum Gasteiger partial charge on any atom is 0.322 e. The summed E-state index contributed by atoms with van der Waals surface area (Å²) >= 11 is 5.96. The number of aromatic nitrogens is 3. The first-order chi connectivity index (χ1) is 9.19. The molecule has 1 aliphatic rings. The van der Waals surface area contributed by atoms with E-state index < -0.39 is 0 Å². The molecule has 6 heteroatoms. The minimum Gasteiger partial charge on any atom is -0.460 e. The van der Waals surface area contributed by atoms with Crippen LogP contribution in [0.1, 0.15) is 46.0 Å². The summed E-state index contributed by atoms with van der Waals surface area (Å²) in [5, 5.41) is 0.203. The molecule has 2 rings (SSSR count). The van der Waals surface area contributed by atoms with Crippen LogP contribution in [0.5, 0.6) is 6.01 Å². The molecule has 0 spiro atoms. The average Bonchev–Trinajstić information content (AvgIpc) is 2.39. The van der Waals surface area contributed by atoms with Crippen LogP contribution in [0.2, 0.25) is 5.28 Å². The van der Waals surface area contributed by atoms with Crippen LogP contribution < -0.4 is 9.64 Å². The molecule has 106 valence electrons. The molecule has 0 radical (unpaired) electrons. The van der Waals surface area contributed by atoms with Crippen LogP contribution in [0.4, 0.5) is 5.95 Å². The zero-order valence-electron chi connectivity index (χ0n) is 11.6. The summed E-state index contributed by atoms with van der Waals surface area (Å²) < 4.78 is 5.69. The number of hydrogen-bond donors (Lipinski definition) is 0. The van der Waals surface area contributed by atoms with E-state index in [2.05, 4.69) is 26.8 Å². The van der Waals surface area contributed by atoms with E-state index >= 15 is 0 Å². The van der Waals surface area contributed by atoms with Crippen LogP contribution >= 0.6 is 11.6 Å². The molecule has 1 saturated heterocycles. The van der Waals surface area contributed by atoms with Crippen molar-refractivity contribution in [2.24, 2.45) is 0 Å². The zero-order valence-corrected chi connectivity index (χ0v) is 12.4. The molecule has 0 aromatic carbocycles. The highest BCUT2D eigenvalue weighted by Crippen LogP contribution is 2.20. The van der Waals surface area contributed by atoms with Crippen molar-refractivity contribution < 1.29 is 4.74 Å². The fraction of sp³-hybridized carbons (Fsp3) is 0.769. The Bertz CT molecular complexity index is 410. The van der Waals surface area contributed by atoms with Crippen molar-refractivity contribution in [3.8, 4) is 6.01 Å². The summed E-state index contributed by atoms with van der Waals surface area (Å²) in [7, 11) is 0. The molecule has 19 heavy (non-hydrogen) atoms. The van der Waals surface area contributed by atoms with E-state index in [9.17, 15) is 0 Å². The normalized spacial score (nSPS) is 17.3. The number of halogens is 1. The molecule has 1 atom stereocenters. The predicted molar refractivity (Wildman–Crippen MR) is 75.9 cm³/mol. The van der Waals surface area contributed by atoms with Crippen LogP contribution in [-0.4, -0.2) is 34.1 Å². The van der Waals surface area contributed by atoms with E-state index in [-0.39, 0.29) is 11.4 Å². The number of ether oxygens (including phenoxy) is 1. The summed E-state index contributed by atoms with van der Waals surface area (Å²) in [5.41, 5.74) is 0. The first-order valence-electron chi connectivity index (χ1n) is 7.02. The first-order valence-corrected chi connectivity index (χ1v) is 7.40. The largest absolute Gasteiger partial charge is 0.460 e. The highest BCUT2D eigenvalue weighted by Gasteiger charge is 2.17. The standard InChI is InChI=1S/C13H21ClN4O/c1-3-7-10(2)19-13-16-11(14)15-12(17-13)18-8-5-4-6-9-18/h10H,3-9H2,1-2H3. The average molecular weight is 285 g/mol. The van der Waals surface area contributed by atoms with Crippen LogP contribution in [0, 0.1) is 0 Å². The van der Waals surface area contributed by atoms with Crippen molar-refractivity contribution in [3.63, 3.8) is 0 Å². The number of anilines is 1. The van der Waals surface area contributed by atoms with Gasteiger partial charge in [0.15, 0.2) is 0 Å². The fourth-order valence-electron chi connectivity index (χ4n) is 2.26. The van der Waals surface area contributed by atoms with Gasteiger partial charge in [-0.3, -0.25) is 0 Å². The van der Waals surface area contributed by atoms with Crippen LogP contribution in [0.15, 0.2) is 0 Å². The second-order valence-electron chi connectivity index (χ2n) is 4.95. The summed E-state index contributed by atoms with van der Waals surface area (Å²) in [4.78, 5) is 14.8. The Kier molecular flexibility index (Phi) is 5.19. The molecule has 1 aliphatic heterocycles. The molecule has 2 heterocycles. The topological polar surface area (TPSA) is 51.1 Å². The molecule has 0 N–H and O–H groups in total. The third-order valence-electron chi connectivity index (χ3n) is 3.22. The Labute approximate surface area is 119 Å². The van der Waals surface area contributed by atoms with Gasteiger partial charge in [0.25, 0.3) is 0 Å². The third kappa shape index (κ3) is 4.20. The van der Waals surface area contributed by atoms with Crippen molar-refractivity contribution in [2.75, 3.05) is 18.0 Å². The monoisotopic (exact) mass is 284 g/mol. The molecule has 1 aromatic rings. The molecule has 0 aliphatic carbocycles. The van der Waals surface area contributed by atoms with E-state index in [0.717, 1.165) is 25.9 Å². The molecule has 0 amide bonds. The van der Waals surface area contributed by atoms with Crippen molar-refractivity contribution in [3.05, 3.63) is 5.28 Å². The van der Waals surface area contributed by atoms with E-state index in [1.807, 2.05) is 6.92 Å². The Morgan fingerprint density at radius 1 is 1.21 bits per heavy atom. The van der Waals surface area contributed by atoms with Crippen LogP contribution in [-0.2, 0) is 0 Å². The lowest BCUT2D eigenvalue weighted by Crippen LogP contribution is -2.31. The maximum absolute atomic E-state index is 5.96. The van der Waals surface area contributed by atoms with Gasteiger partial charge in [-0.15, -0.1) is 0 Å². The Morgan fingerprint density at radius 3 is 2.63 bits per heavy atom. The molecular formula is C13H21ClN4O. The summed E-state index contributed by atoms with van der Waals surface area (Å²) in [6.07, 6.45) is 5.75. The van der Waals surface area contributed by atoms with Crippen LogP contribution in [0.3, 0.4) is 0 Å². The van der Waals surface area contributed by atoms with Crippen LogP contribution in [0.25, 0.3) is 0 Å². The second kappa shape index (κ2) is 6.89. The second-order valence-corrected chi connectivity index (χ2v) is 5.29. The zero-order chi connectivity index (χ0) is 13.7. The van der Waals surface area contributed by atoms with Gasteiger partial charge >= 0.3 is 6.01 Å². The molecule has 1 unspecified atom stereocenters. The number of hydrogen-bond acceptors (Lipinski definition) is 5. The molecule has 0 saturated carbocycles. The van der Waals surface area contributed by atoms with Crippen molar-refractivity contribution in [1.29, 1.82) is 0 Å². The maximum atomic E-state index is 5.96. The fourth-order valence-corrected chi connectivity index (χ4v) is 2.40. The SMILES string of the molecule is CCCC(C)Oc1nc(Cl)nc(N2CCCCC2)n1. The summed E-state index contributed by atoms with van der Waals surface area (Å²) in [6, 6.07) is 0.335. The first kappa shape index (κ1) is 14.3. The molecule has 1 fully saturated rings. The smallest absolute Gasteiger partial charge is 0.322 e. The predicted octanol–water partition coefficient (Wildman–Crippen LogP) is 3.08. The van der Waals surface area contributed by atoms with Gasteiger partial charge in [-0.25, -0.2) is 0 Å². The Balaban J connectivity index is 2.09. The van der Waals surface area contributed by atoms with Gasteiger partial charge in [0.2, 0.25) is 11.2 Å². The molecule has 5 nitrogen and oxygen atoms in total. The number of nitrogens with zero attached hydrogens (tertiary/aromatic N) is 4. The van der Waals surface area contributed by atoms with Gasteiger partial charge < -0.3 is 9.64 Å². The highest BCUT2D eigenvalue weighted by molar-refractivity contribution is 6.28. The molecule has 1 aromatic heterocycles. The number of rotatable bonds is 5. The number of piperidine rings is 1. The Morgan fingerprint density at radius 2 is 1.95 bits per heavy atom. The minimum atomic E-state index is 0.0951. The van der Waals surface area contributed by atoms with E-state index in [0.29, 0.717) is 12.0 Å². The van der Waals surface area contributed by atoms with Gasteiger partial charge in [0.05, 0.1) is 6.10 Å². The van der Waals surface area contributed by atoms with Crippen molar-refractivity contribution >= 4 is 17.5 Å². The van der Waals surface area contributed by atoms with Crippen molar-refractivity contribution in [2.45, 2.75) is 52.1 Å². The van der Waals surface area contributed by atoms with Gasteiger partial charge in [-0.1, -0.05) is 13.3 Å². The van der Waals surface area contributed by atoms with E-state index in [1.54, 1.807) is 0 Å². The van der Waals surface area contributed by atoms with Crippen molar-refractivity contribution in [1.82, 2.24) is 15.0 Å². The highest BCUT2D eigenvalue weighted by atomic mass is 35.5. The molecular weight excluding hydrogens is 264 g/mol. The van der Waals surface area contributed by atoms with Gasteiger partial charge in [-0.2, -0.15) is 15.0 Å². The summed E-state index contributed by atoms with van der Waals surface area (Å²) in [6.45, 7) is 6.09. The Hall–Kier alpha value is -1.10.